The molecule has 2 aliphatic rings. The third kappa shape index (κ3) is 3.35. The lowest BCUT2D eigenvalue weighted by Crippen LogP contribution is -2.62. The average molecular weight is 350 g/mol. The molecule has 2 fully saturated rings. The zero-order valence-electron chi connectivity index (χ0n) is 14.7. The monoisotopic (exact) mass is 350 g/mol. The first-order chi connectivity index (χ1) is 11.3. The SMILES string of the molecule is CCCCN1CC(=O)N(c2cc(C)cc(C)c2)[C@@H]2CS(=O)(=O)C[C@@H]21. The molecule has 5 nitrogen and oxygen atoms in total. The van der Waals surface area contributed by atoms with Crippen molar-refractivity contribution in [3.05, 3.63) is 29.3 Å². The second-order valence-corrected chi connectivity index (χ2v) is 9.30. The molecule has 24 heavy (non-hydrogen) atoms. The molecule has 0 radical (unpaired) electrons. The lowest BCUT2D eigenvalue weighted by Gasteiger charge is -2.43. The molecule has 0 aliphatic carbocycles. The minimum atomic E-state index is -3.11. The summed E-state index contributed by atoms with van der Waals surface area (Å²) in [6.07, 6.45) is 2.02. The number of fused-ring (bicyclic) bond motifs is 1. The van der Waals surface area contributed by atoms with E-state index in [0.717, 1.165) is 36.2 Å². The minimum absolute atomic E-state index is 0.00875. The molecule has 0 bridgehead atoms. The van der Waals surface area contributed by atoms with Gasteiger partial charge < -0.3 is 4.90 Å². The van der Waals surface area contributed by atoms with Crippen LogP contribution in [-0.2, 0) is 14.6 Å². The van der Waals surface area contributed by atoms with Gasteiger partial charge in [-0.3, -0.25) is 9.69 Å². The third-order valence-electron chi connectivity index (χ3n) is 4.98. The van der Waals surface area contributed by atoms with E-state index in [0.29, 0.717) is 6.54 Å². The molecule has 0 aromatic heterocycles. The van der Waals surface area contributed by atoms with Gasteiger partial charge in [0.1, 0.15) is 0 Å². The average Bonchev–Trinajstić information content (AvgIpc) is 2.78. The van der Waals surface area contributed by atoms with E-state index in [1.807, 2.05) is 26.0 Å². The van der Waals surface area contributed by atoms with Crippen LogP contribution in [0.4, 0.5) is 5.69 Å². The Balaban J connectivity index is 1.97. The molecule has 0 unspecified atom stereocenters. The number of piperazine rings is 1. The molecule has 3 rings (SSSR count). The summed E-state index contributed by atoms with van der Waals surface area (Å²) in [6, 6.07) is 5.67. The summed E-state index contributed by atoms with van der Waals surface area (Å²) in [6.45, 7) is 7.21. The third-order valence-corrected chi connectivity index (χ3v) is 6.68. The van der Waals surface area contributed by atoms with Crippen LogP contribution in [0, 0.1) is 13.8 Å². The molecule has 1 amide bonds. The highest BCUT2D eigenvalue weighted by Crippen LogP contribution is 2.32. The number of amides is 1. The summed E-state index contributed by atoms with van der Waals surface area (Å²) < 4.78 is 24.5. The first-order valence-electron chi connectivity index (χ1n) is 8.65. The molecule has 0 N–H and O–H groups in total. The van der Waals surface area contributed by atoms with Crippen LogP contribution in [0.2, 0.25) is 0 Å². The van der Waals surface area contributed by atoms with Gasteiger partial charge in [0.2, 0.25) is 5.91 Å². The second kappa shape index (κ2) is 6.48. The molecule has 1 aromatic rings. The van der Waals surface area contributed by atoms with E-state index < -0.39 is 9.84 Å². The van der Waals surface area contributed by atoms with E-state index >= 15 is 0 Å². The molecule has 2 aliphatic heterocycles. The van der Waals surface area contributed by atoms with Crippen LogP contribution in [0.15, 0.2) is 18.2 Å². The normalized spacial score (nSPS) is 26.6. The Hall–Kier alpha value is -1.40. The molecule has 0 saturated carbocycles. The Bertz CT molecular complexity index is 724. The summed E-state index contributed by atoms with van der Waals surface area (Å²) >= 11 is 0. The second-order valence-electron chi connectivity index (χ2n) is 7.15. The van der Waals surface area contributed by atoms with Crippen molar-refractivity contribution in [2.24, 2.45) is 0 Å². The van der Waals surface area contributed by atoms with Gasteiger partial charge in [0.15, 0.2) is 9.84 Å². The van der Waals surface area contributed by atoms with Crippen LogP contribution in [0.5, 0.6) is 0 Å². The molecule has 2 saturated heterocycles. The summed E-state index contributed by atoms with van der Waals surface area (Å²) in [5.41, 5.74) is 3.01. The van der Waals surface area contributed by atoms with Gasteiger partial charge in [-0.15, -0.1) is 0 Å². The van der Waals surface area contributed by atoms with Gasteiger partial charge in [-0.1, -0.05) is 19.4 Å². The maximum absolute atomic E-state index is 12.8. The van der Waals surface area contributed by atoms with Crippen molar-refractivity contribution >= 4 is 21.4 Å². The summed E-state index contributed by atoms with van der Waals surface area (Å²) in [5.74, 6) is 0.240. The van der Waals surface area contributed by atoms with Crippen LogP contribution in [-0.4, -0.2) is 55.9 Å². The molecule has 0 spiro atoms. The quantitative estimate of drug-likeness (QED) is 0.832. The Labute approximate surface area is 144 Å². The predicted molar refractivity (Wildman–Crippen MR) is 96.1 cm³/mol. The molecule has 6 heteroatoms. The Morgan fingerprint density at radius 3 is 2.33 bits per heavy atom. The van der Waals surface area contributed by atoms with E-state index in [9.17, 15) is 13.2 Å². The van der Waals surface area contributed by atoms with Crippen LogP contribution < -0.4 is 4.90 Å². The van der Waals surface area contributed by atoms with Gasteiger partial charge in [-0.05, 0) is 50.1 Å². The van der Waals surface area contributed by atoms with Crippen molar-refractivity contribution in [1.29, 1.82) is 0 Å². The first kappa shape index (κ1) is 17.4. The van der Waals surface area contributed by atoms with Crippen molar-refractivity contribution < 1.29 is 13.2 Å². The fourth-order valence-electron chi connectivity index (χ4n) is 3.99. The number of carbonyl (C=O) groups excluding carboxylic acids is 1. The van der Waals surface area contributed by atoms with E-state index in [-0.39, 0.29) is 29.5 Å². The number of rotatable bonds is 4. The number of carbonyl (C=O) groups is 1. The van der Waals surface area contributed by atoms with Crippen molar-refractivity contribution in [1.82, 2.24) is 4.90 Å². The van der Waals surface area contributed by atoms with Gasteiger partial charge in [-0.25, -0.2) is 8.42 Å². The maximum atomic E-state index is 12.8. The van der Waals surface area contributed by atoms with E-state index in [1.165, 1.54) is 0 Å². The van der Waals surface area contributed by atoms with Gasteiger partial charge >= 0.3 is 0 Å². The highest BCUT2D eigenvalue weighted by molar-refractivity contribution is 7.91. The van der Waals surface area contributed by atoms with Crippen molar-refractivity contribution in [3.8, 4) is 0 Å². The van der Waals surface area contributed by atoms with Crippen molar-refractivity contribution in [3.63, 3.8) is 0 Å². The standard InChI is InChI=1S/C18H26N2O3S/c1-4-5-6-19-10-18(21)20(15-8-13(2)7-14(3)9-15)17-12-24(22,23)11-16(17)19/h7-9,16-17H,4-6,10-12H2,1-3H3/t16-,17+/m0/s1. The number of hydrogen-bond acceptors (Lipinski definition) is 4. The minimum Gasteiger partial charge on any atom is -0.306 e. The fourth-order valence-corrected chi connectivity index (χ4v) is 5.97. The predicted octanol–water partition coefficient (Wildman–Crippen LogP) is 1.92. The molecular formula is C18H26N2O3S. The van der Waals surface area contributed by atoms with Crippen LogP contribution in [0.1, 0.15) is 30.9 Å². The number of sulfone groups is 1. The number of benzene rings is 1. The lowest BCUT2D eigenvalue weighted by atomic mass is 10.0. The summed E-state index contributed by atoms with van der Waals surface area (Å²) in [5, 5.41) is 0. The van der Waals surface area contributed by atoms with Gasteiger partial charge in [0, 0.05) is 11.7 Å². The van der Waals surface area contributed by atoms with Crippen LogP contribution >= 0.6 is 0 Å². The van der Waals surface area contributed by atoms with Crippen LogP contribution in [0.25, 0.3) is 0 Å². The number of anilines is 1. The Morgan fingerprint density at radius 2 is 1.71 bits per heavy atom. The molecule has 2 atom stereocenters. The molecule has 132 valence electrons. The molecule has 1 aromatic carbocycles. The van der Waals surface area contributed by atoms with Crippen molar-refractivity contribution in [2.75, 3.05) is 29.5 Å². The number of nitrogens with zero attached hydrogens (tertiary/aromatic N) is 2. The highest BCUT2D eigenvalue weighted by Gasteiger charge is 2.49. The van der Waals surface area contributed by atoms with E-state index in [4.69, 9.17) is 0 Å². The van der Waals surface area contributed by atoms with E-state index in [2.05, 4.69) is 17.9 Å². The Morgan fingerprint density at radius 1 is 1.08 bits per heavy atom. The zero-order chi connectivity index (χ0) is 17.5. The largest absolute Gasteiger partial charge is 0.306 e. The highest BCUT2D eigenvalue weighted by atomic mass is 32.2. The smallest absolute Gasteiger partial charge is 0.241 e. The zero-order valence-corrected chi connectivity index (χ0v) is 15.5. The molecular weight excluding hydrogens is 324 g/mol. The van der Waals surface area contributed by atoms with Crippen molar-refractivity contribution in [2.45, 2.75) is 45.7 Å². The Kier molecular flexibility index (Phi) is 4.71. The topological polar surface area (TPSA) is 57.7 Å². The summed E-state index contributed by atoms with van der Waals surface area (Å²) in [7, 11) is -3.11. The van der Waals surface area contributed by atoms with E-state index in [1.54, 1.807) is 4.90 Å². The summed E-state index contributed by atoms with van der Waals surface area (Å²) in [4.78, 5) is 16.7. The van der Waals surface area contributed by atoms with Gasteiger partial charge in [0.25, 0.3) is 0 Å². The number of hydrogen-bond donors (Lipinski definition) is 0. The molecule has 2 heterocycles. The van der Waals surface area contributed by atoms with Gasteiger partial charge in [-0.2, -0.15) is 0 Å². The maximum Gasteiger partial charge on any atom is 0.241 e. The lowest BCUT2D eigenvalue weighted by molar-refractivity contribution is -0.123. The number of unbranched alkanes of at least 4 members (excludes halogenated alkanes) is 1. The fraction of sp³-hybridized carbons (Fsp3) is 0.611. The first-order valence-corrected chi connectivity index (χ1v) is 10.5. The van der Waals surface area contributed by atoms with Crippen LogP contribution in [0.3, 0.4) is 0 Å². The number of aryl methyl sites for hydroxylation is 2. The van der Waals surface area contributed by atoms with Gasteiger partial charge in [0.05, 0.1) is 24.1 Å².